The van der Waals surface area contributed by atoms with Crippen molar-refractivity contribution in [1.82, 2.24) is 0 Å². The molecule has 0 amide bonds. The van der Waals surface area contributed by atoms with E-state index in [0.717, 1.165) is 28.5 Å². The Hall–Kier alpha value is -1.52. The Morgan fingerprint density at radius 2 is 1.80 bits per heavy atom. The Bertz CT molecular complexity index is 653. The van der Waals surface area contributed by atoms with Crippen molar-refractivity contribution in [2.24, 2.45) is 4.99 Å². The summed E-state index contributed by atoms with van der Waals surface area (Å²) in [6.45, 7) is 0. The first kappa shape index (κ1) is 13.5. The highest BCUT2D eigenvalue weighted by Crippen LogP contribution is 2.34. The minimum absolute atomic E-state index is 0.0636. The molecule has 0 saturated carbocycles. The number of hydrogen-bond donors (Lipinski definition) is 0. The summed E-state index contributed by atoms with van der Waals surface area (Å²) in [5, 5.41) is 0.963. The lowest BCUT2D eigenvalue weighted by atomic mass is 10.2. The quantitative estimate of drug-likeness (QED) is 0.758. The lowest BCUT2D eigenvalue weighted by Crippen LogP contribution is -2.00. The summed E-state index contributed by atoms with van der Waals surface area (Å²) in [6.07, 6.45) is 0.836. The maximum atomic E-state index is 12.2. The summed E-state index contributed by atoms with van der Waals surface area (Å²) < 4.78 is 0. The fourth-order valence-electron chi connectivity index (χ4n) is 1.92. The van der Waals surface area contributed by atoms with E-state index in [-0.39, 0.29) is 5.12 Å². The van der Waals surface area contributed by atoms with Gasteiger partial charge in [-0.15, -0.1) is 11.8 Å². The highest BCUT2D eigenvalue weighted by atomic mass is 32.2. The first-order valence-electron chi connectivity index (χ1n) is 6.39. The van der Waals surface area contributed by atoms with Crippen LogP contribution in [0.15, 0.2) is 64.5 Å². The number of fused-ring (bicyclic) bond motifs is 1. The molecule has 0 N–H and O–H groups in total. The normalized spacial score (nSPS) is 14.1. The van der Waals surface area contributed by atoms with E-state index in [9.17, 15) is 4.79 Å². The van der Waals surface area contributed by atoms with Crippen LogP contribution in [0.2, 0.25) is 0 Å². The fraction of sp³-hybridized carbons (Fsp3) is 0.125. The largest absolute Gasteiger partial charge is 0.281 e. The van der Waals surface area contributed by atoms with Crippen molar-refractivity contribution in [3.63, 3.8) is 0 Å². The van der Waals surface area contributed by atoms with Gasteiger partial charge in [0.2, 0.25) is 5.12 Å². The molecule has 0 spiro atoms. The van der Waals surface area contributed by atoms with Gasteiger partial charge >= 0.3 is 0 Å². The number of hydrogen-bond acceptors (Lipinski definition) is 4. The van der Waals surface area contributed by atoms with Crippen LogP contribution < -0.4 is 0 Å². The van der Waals surface area contributed by atoms with E-state index < -0.39 is 0 Å². The molecule has 0 saturated heterocycles. The zero-order valence-electron chi connectivity index (χ0n) is 10.8. The lowest BCUT2D eigenvalue weighted by Gasteiger charge is -2.02. The van der Waals surface area contributed by atoms with Crippen molar-refractivity contribution in [3.8, 4) is 0 Å². The Labute approximate surface area is 126 Å². The third-order valence-corrected chi connectivity index (χ3v) is 4.92. The van der Waals surface area contributed by atoms with Crippen LogP contribution in [0, 0.1) is 0 Å². The summed E-state index contributed by atoms with van der Waals surface area (Å²) >= 11 is 3.05. The zero-order valence-corrected chi connectivity index (χ0v) is 12.4. The van der Waals surface area contributed by atoms with Crippen LogP contribution in [0.4, 0.5) is 5.69 Å². The lowest BCUT2D eigenvalue weighted by molar-refractivity contribution is 0.109. The molecule has 0 aliphatic carbocycles. The highest BCUT2D eigenvalue weighted by Gasteiger charge is 2.15. The van der Waals surface area contributed by atoms with E-state index in [4.69, 9.17) is 0 Å². The monoisotopic (exact) mass is 299 g/mol. The van der Waals surface area contributed by atoms with E-state index >= 15 is 0 Å². The number of benzene rings is 2. The first-order chi connectivity index (χ1) is 9.83. The molecule has 20 heavy (non-hydrogen) atoms. The van der Waals surface area contributed by atoms with Gasteiger partial charge in [0.1, 0.15) is 0 Å². The smallest absolute Gasteiger partial charge is 0.225 e. The van der Waals surface area contributed by atoms with Crippen LogP contribution in [0.25, 0.3) is 0 Å². The van der Waals surface area contributed by atoms with Crippen LogP contribution in [0.1, 0.15) is 16.8 Å². The van der Waals surface area contributed by atoms with Gasteiger partial charge in [0.15, 0.2) is 0 Å². The molecule has 0 radical (unpaired) electrons. The van der Waals surface area contributed by atoms with Gasteiger partial charge in [-0.2, -0.15) is 0 Å². The number of nitrogens with zero attached hydrogens (tertiary/aromatic N) is 1. The fourth-order valence-corrected chi connectivity index (χ4v) is 3.82. The molecule has 2 aromatic carbocycles. The van der Waals surface area contributed by atoms with Crippen LogP contribution in [0.3, 0.4) is 0 Å². The van der Waals surface area contributed by atoms with Crippen LogP contribution >= 0.6 is 23.5 Å². The van der Waals surface area contributed by atoms with Gasteiger partial charge in [-0.3, -0.25) is 4.79 Å². The Morgan fingerprint density at radius 1 is 1.05 bits per heavy atom. The predicted molar refractivity (Wildman–Crippen MR) is 87.2 cm³/mol. The molecular formula is C16H13NOS2. The Balaban J connectivity index is 1.81. The van der Waals surface area contributed by atoms with Crippen LogP contribution in [0.5, 0.6) is 0 Å². The second-order valence-electron chi connectivity index (χ2n) is 4.33. The Kier molecular flexibility index (Phi) is 4.23. The summed E-state index contributed by atoms with van der Waals surface area (Å²) in [6, 6.07) is 17.4. The average molecular weight is 299 g/mol. The molecule has 0 unspecified atom stereocenters. The molecule has 0 atom stereocenters. The maximum Gasteiger partial charge on any atom is 0.225 e. The van der Waals surface area contributed by atoms with Crippen molar-refractivity contribution in [1.29, 1.82) is 0 Å². The average Bonchev–Trinajstić information content (AvgIpc) is 2.69. The minimum atomic E-state index is 0.0636. The summed E-state index contributed by atoms with van der Waals surface area (Å²) in [7, 11) is 0. The Morgan fingerprint density at radius 3 is 2.65 bits per heavy atom. The van der Waals surface area contributed by atoms with Crippen LogP contribution in [-0.4, -0.2) is 15.9 Å². The van der Waals surface area contributed by atoms with E-state index in [1.54, 1.807) is 11.8 Å². The molecule has 1 aliphatic heterocycles. The number of rotatable bonds is 1. The van der Waals surface area contributed by atoms with E-state index in [1.165, 1.54) is 16.7 Å². The third-order valence-electron chi connectivity index (χ3n) is 2.90. The van der Waals surface area contributed by atoms with E-state index in [2.05, 4.69) is 11.1 Å². The van der Waals surface area contributed by atoms with Gasteiger partial charge in [0.05, 0.1) is 10.7 Å². The molecule has 4 heteroatoms. The van der Waals surface area contributed by atoms with Gasteiger partial charge in [0.25, 0.3) is 0 Å². The second kappa shape index (κ2) is 6.29. The van der Waals surface area contributed by atoms with Gasteiger partial charge in [-0.05, 0) is 23.9 Å². The van der Waals surface area contributed by atoms with Crippen molar-refractivity contribution >= 4 is 39.4 Å². The molecule has 1 aliphatic rings. The van der Waals surface area contributed by atoms with E-state index in [1.807, 2.05) is 48.5 Å². The number of carbonyl (C=O) groups is 1. The highest BCUT2D eigenvalue weighted by molar-refractivity contribution is 8.26. The second-order valence-corrected chi connectivity index (χ2v) is 6.51. The topological polar surface area (TPSA) is 29.4 Å². The predicted octanol–water partition coefficient (Wildman–Crippen LogP) is 4.79. The number of carbonyl (C=O) groups excluding carboxylic acids is 1. The molecule has 3 rings (SSSR count). The standard InChI is InChI=1S/C16H13NOS2/c18-16(12-6-2-1-3-7-12)20-15-10-11-19-14-9-5-4-8-13(14)17-15/h1-9H,10-11H2. The van der Waals surface area contributed by atoms with Gasteiger partial charge in [0, 0.05) is 22.6 Å². The van der Waals surface area contributed by atoms with E-state index in [0.29, 0.717) is 0 Å². The first-order valence-corrected chi connectivity index (χ1v) is 8.20. The van der Waals surface area contributed by atoms with Crippen molar-refractivity contribution in [2.75, 3.05) is 5.75 Å². The molecule has 2 aromatic rings. The van der Waals surface area contributed by atoms with Crippen molar-refractivity contribution in [2.45, 2.75) is 11.3 Å². The van der Waals surface area contributed by atoms with Gasteiger partial charge in [-0.1, -0.05) is 42.5 Å². The third kappa shape index (κ3) is 3.14. The number of aliphatic imine (C=N–C) groups is 1. The number of para-hydroxylation sites is 1. The van der Waals surface area contributed by atoms with Crippen LogP contribution in [-0.2, 0) is 0 Å². The molecule has 0 fully saturated rings. The van der Waals surface area contributed by atoms with Crippen molar-refractivity contribution < 1.29 is 4.79 Å². The summed E-state index contributed by atoms with van der Waals surface area (Å²) in [5.41, 5.74) is 1.70. The molecular weight excluding hydrogens is 286 g/mol. The molecule has 1 heterocycles. The molecule has 2 nitrogen and oxygen atoms in total. The molecule has 100 valence electrons. The van der Waals surface area contributed by atoms with Gasteiger partial charge < -0.3 is 0 Å². The number of thioether (sulfide) groups is 2. The van der Waals surface area contributed by atoms with Crippen molar-refractivity contribution in [3.05, 3.63) is 60.2 Å². The van der Waals surface area contributed by atoms with Gasteiger partial charge in [-0.25, -0.2) is 4.99 Å². The summed E-state index contributed by atoms with van der Waals surface area (Å²) in [4.78, 5) is 18.0. The zero-order chi connectivity index (χ0) is 13.8. The molecule has 0 bridgehead atoms. The molecule has 0 aromatic heterocycles. The maximum absolute atomic E-state index is 12.2. The SMILES string of the molecule is O=C(SC1=Nc2ccccc2SCC1)c1ccccc1. The minimum Gasteiger partial charge on any atom is -0.281 e. The summed E-state index contributed by atoms with van der Waals surface area (Å²) in [5.74, 6) is 0.963.